The Hall–Kier alpha value is -1.55. The fourth-order valence-electron chi connectivity index (χ4n) is 0.685. The molecule has 64 valence electrons. The van der Waals surface area contributed by atoms with Crippen LogP contribution in [0.15, 0.2) is 30.3 Å². The van der Waals surface area contributed by atoms with Gasteiger partial charge in [-0.3, -0.25) is 4.89 Å². The number of benzene rings is 1. The average Bonchev–Trinajstić information content (AvgIpc) is 2.16. The highest BCUT2D eigenvalue weighted by Gasteiger charge is 2.01. The zero-order chi connectivity index (χ0) is 8.81. The van der Waals surface area contributed by atoms with Crippen molar-refractivity contribution in [1.82, 2.24) is 0 Å². The smallest absolute Gasteiger partial charge is 0.379 e. The summed E-state index contributed by atoms with van der Waals surface area (Å²) in [4.78, 5) is 13.8. The van der Waals surface area contributed by atoms with E-state index in [-0.39, 0.29) is 6.61 Å². The van der Waals surface area contributed by atoms with Gasteiger partial charge in [0.15, 0.2) is 6.61 Å². The Labute approximate surface area is 69.3 Å². The minimum Gasteiger partial charge on any atom is -0.482 e. The molecule has 4 nitrogen and oxygen atoms in total. The van der Waals surface area contributed by atoms with Crippen molar-refractivity contribution in [2.24, 2.45) is 0 Å². The summed E-state index contributed by atoms with van der Waals surface area (Å²) in [5, 5.41) is 7.88. The SMILES string of the molecule is O=C(COc1ccccc1)OO. The van der Waals surface area contributed by atoms with Crippen LogP contribution in [0.3, 0.4) is 0 Å². The van der Waals surface area contributed by atoms with Gasteiger partial charge in [0, 0.05) is 0 Å². The number of para-hydroxylation sites is 1. The van der Waals surface area contributed by atoms with Crippen LogP contribution in [0.1, 0.15) is 0 Å². The second-order valence-corrected chi connectivity index (χ2v) is 2.07. The molecule has 0 saturated heterocycles. The van der Waals surface area contributed by atoms with Crippen molar-refractivity contribution in [3.05, 3.63) is 30.3 Å². The van der Waals surface area contributed by atoms with Crippen molar-refractivity contribution >= 4 is 5.97 Å². The van der Waals surface area contributed by atoms with E-state index >= 15 is 0 Å². The van der Waals surface area contributed by atoms with Gasteiger partial charge in [0.2, 0.25) is 0 Å². The van der Waals surface area contributed by atoms with Crippen LogP contribution in [0.2, 0.25) is 0 Å². The molecule has 0 bridgehead atoms. The number of ether oxygens (including phenoxy) is 1. The molecule has 1 aromatic carbocycles. The van der Waals surface area contributed by atoms with Gasteiger partial charge < -0.3 is 4.74 Å². The van der Waals surface area contributed by atoms with Gasteiger partial charge in [0.1, 0.15) is 5.75 Å². The minimum absolute atomic E-state index is 0.291. The number of hydrogen-bond donors (Lipinski definition) is 1. The van der Waals surface area contributed by atoms with Crippen molar-refractivity contribution in [1.29, 1.82) is 0 Å². The first-order chi connectivity index (χ1) is 5.83. The quantitative estimate of drug-likeness (QED) is 0.542. The summed E-state index contributed by atoms with van der Waals surface area (Å²) in [5.41, 5.74) is 0. The number of hydrogen-bond acceptors (Lipinski definition) is 4. The molecule has 0 unspecified atom stereocenters. The molecule has 0 aliphatic carbocycles. The van der Waals surface area contributed by atoms with E-state index in [0.717, 1.165) is 0 Å². The van der Waals surface area contributed by atoms with Crippen LogP contribution in [-0.4, -0.2) is 17.8 Å². The van der Waals surface area contributed by atoms with E-state index in [1.807, 2.05) is 6.07 Å². The van der Waals surface area contributed by atoms with Crippen LogP contribution in [0, 0.1) is 0 Å². The summed E-state index contributed by atoms with van der Waals surface area (Å²) < 4.78 is 4.92. The first-order valence-electron chi connectivity index (χ1n) is 3.35. The van der Waals surface area contributed by atoms with Gasteiger partial charge in [-0.2, -0.15) is 5.26 Å². The molecule has 1 aromatic rings. The molecule has 0 radical (unpaired) electrons. The third-order valence-electron chi connectivity index (χ3n) is 1.20. The summed E-state index contributed by atoms with van der Waals surface area (Å²) in [7, 11) is 0. The molecule has 0 spiro atoms. The molecular formula is C8H8O4. The summed E-state index contributed by atoms with van der Waals surface area (Å²) in [6.45, 7) is -0.291. The van der Waals surface area contributed by atoms with Crippen LogP contribution in [-0.2, 0) is 9.68 Å². The van der Waals surface area contributed by atoms with Crippen LogP contribution in [0.25, 0.3) is 0 Å². The predicted octanol–water partition coefficient (Wildman–Crippen LogP) is 1.08. The lowest BCUT2D eigenvalue weighted by molar-refractivity contribution is -0.236. The van der Waals surface area contributed by atoms with Crippen LogP contribution < -0.4 is 4.74 Å². The first-order valence-corrected chi connectivity index (χ1v) is 3.35. The highest BCUT2D eigenvalue weighted by atomic mass is 17.1. The maximum Gasteiger partial charge on any atom is 0.379 e. The molecule has 1 rings (SSSR count). The highest BCUT2D eigenvalue weighted by molar-refractivity contribution is 5.70. The molecule has 4 heteroatoms. The molecule has 0 aliphatic heterocycles. The van der Waals surface area contributed by atoms with Crippen molar-refractivity contribution < 1.29 is 19.7 Å². The molecule has 0 aliphatic rings. The molecule has 0 aromatic heterocycles. The van der Waals surface area contributed by atoms with Crippen molar-refractivity contribution in [2.75, 3.05) is 6.61 Å². The topological polar surface area (TPSA) is 55.8 Å². The fraction of sp³-hybridized carbons (Fsp3) is 0.125. The van der Waals surface area contributed by atoms with Gasteiger partial charge >= 0.3 is 5.97 Å². The molecule has 0 heterocycles. The van der Waals surface area contributed by atoms with Gasteiger partial charge in [-0.15, -0.1) is 0 Å². The van der Waals surface area contributed by atoms with Crippen molar-refractivity contribution in [3.63, 3.8) is 0 Å². The van der Waals surface area contributed by atoms with Crippen LogP contribution in [0.4, 0.5) is 0 Å². The third kappa shape index (κ3) is 2.59. The lowest BCUT2D eigenvalue weighted by Crippen LogP contribution is -2.12. The molecule has 0 atom stereocenters. The predicted molar refractivity (Wildman–Crippen MR) is 40.7 cm³/mol. The summed E-state index contributed by atoms with van der Waals surface area (Å²) in [6, 6.07) is 8.78. The summed E-state index contributed by atoms with van der Waals surface area (Å²) in [6.07, 6.45) is 0. The Morgan fingerprint density at radius 2 is 2.00 bits per heavy atom. The van der Waals surface area contributed by atoms with Crippen molar-refractivity contribution in [2.45, 2.75) is 0 Å². The molecule has 12 heavy (non-hydrogen) atoms. The average molecular weight is 168 g/mol. The highest BCUT2D eigenvalue weighted by Crippen LogP contribution is 2.07. The Balaban J connectivity index is 2.38. The Kier molecular flexibility index (Phi) is 3.10. The molecule has 0 fully saturated rings. The Morgan fingerprint density at radius 1 is 1.33 bits per heavy atom. The minimum atomic E-state index is -0.821. The number of rotatable bonds is 3. The van der Waals surface area contributed by atoms with E-state index in [9.17, 15) is 4.79 Å². The Morgan fingerprint density at radius 3 is 2.58 bits per heavy atom. The van der Waals surface area contributed by atoms with E-state index in [2.05, 4.69) is 4.89 Å². The zero-order valence-electron chi connectivity index (χ0n) is 6.27. The van der Waals surface area contributed by atoms with E-state index in [4.69, 9.17) is 9.99 Å². The van der Waals surface area contributed by atoms with Gasteiger partial charge in [0.05, 0.1) is 0 Å². The summed E-state index contributed by atoms with van der Waals surface area (Å²) >= 11 is 0. The van der Waals surface area contributed by atoms with Gasteiger partial charge in [-0.1, -0.05) is 18.2 Å². The Bertz CT molecular complexity index is 244. The fourth-order valence-corrected chi connectivity index (χ4v) is 0.685. The molecule has 0 amide bonds. The lowest BCUT2D eigenvalue weighted by Gasteiger charge is -2.01. The first kappa shape index (κ1) is 8.55. The van der Waals surface area contributed by atoms with E-state index in [1.165, 1.54) is 0 Å². The van der Waals surface area contributed by atoms with Gasteiger partial charge in [0.25, 0.3) is 0 Å². The second-order valence-electron chi connectivity index (χ2n) is 2.07. The molecule has 1 N–H and O–H groups in total. The van der Waals surface area contributed by atoms with Crippen LogP contribution in [0.5, 0.6) is 5.75 Å². The maximum atomic E-state index is 10.4. The number of carbonyl (C=O) groups excluding carboxylic acids is 1. The normalized spacial score (nSPS) is 9.08. The second kappa shape index (κ2) is 4.35. The third-order valence-corrected chi connectivity index (χ3v) is 1.20. The summed E-state index contributed by atoms with van der Waals surface area (Å²) in [5.74, 6) is -0.262. The van der Waals surface area contributed by atoms with Crippen molar-refractivity contribution in [3.8, 4) is 5.75 Å². The number of carbonyl (C=O) groups is 1. The monoisotopic (exact) mass is 168 g/mol. The van der Waals surface area contributed by atoms with Gasteiger partial charge in [-0.25, -0.2) is 4.79 Å². The van der Waals surface area contributed by atoms with Gasteiger partial charge in [-0.05, 0) is 12.1 Å². The van der Waals surface area contributed by atoms with E-state index in [0.29, 0.717) is 5.75 Å². The zero-order valence-corrected chi connectivity index (χ0v) is 6.27. The lowest BCUT2D eigenvalue weighted by atomic mass is 10.3. The standard InChI is InChI=1S/C8H8O4/c9-8(12-10)6-11-7-4-2-1-3-5-7/h1-5,10H,6H2. The van der Waals surface area contributed by atoms with E-state index < -0.39 is 5.97 Å². The molecular weight excluding hydrogens is 160 g/mol. The van der Waals surface area contributed by atoms with E-state index in [1.54, 1.807) is 24.3 Å². The van der Waals surface area contributed by atoms with Crippen LogP contribution >= 0.6 is 0 Å². The maximum absolute atomic E-state index is 10.4. The molecule has 0 saturated carbocycles. The largest absolute Gasteiger partial charge is 0.482 e.